The Kier molecular flexibility index (Phi) is 6.85. The molecule has 7 nitrogen and oxygen atoms in total. The van der Waals surface area contributed by atoms with E-state index in [1.807, 2.05) is 17.2 Å². The molecule has 2 aromatic rings. The highest BCUT2D eigenvalue weighted by atomic mass is 19.1. The maximum atomic E-state index is 13.1. The molecule has 0 bridgehead atoms. The van der Waals surface area contributed by atoms with E-state index in [1.165, 1.54) is 12.1 Å². The van der Waals surface area contributed by atoms with Crippen LogP contribution in [0.1, 0.15) is 32.1 Å². The van der Waals surface area contributed by atoms with Gasteiger partial charge in [0.05, 0.1) is 6.61 Å². The Morgan fingerprint density at radius 3 is 2.76 bits per heavy atom. The molecule has 0 aliphatic carbocycles. The number of aromatic nitrogens is 2. The third-order valence-corrected chi connectivity index (χ3v) is 5.26. The molecule has 1 atom stereocenters. The standard InChI is InChI=1S/C21H27FN4O3/c22-17-5-7-18(8-6-17)29-16-21(14-19(23)27)9-2-11-25(15-21)20(28)4-1-12-26-13-3-10-24-26/h3,5-8,10,13H,1-2,4,9,11-12,14-16H2,(H2,23,27). The van der Waals surface area contributed by atoms with E-state index in [2.05, 4.69) is 5.10 Å². The number of piperidine rings is 1. The fourth-order valence-electron chi connectivity index (χ4n) is 3.85. The number of halogens is 1. The minimum atomic E-state index is -0.532. The maximum absolute atomic E-state index is 13.1. The zero-order valence-electron chi connectivity index (χ0n) is 16.4. The monoisotopic (exact) mass is 402 g/mol. The summed E-state index contributed by atoms with van der Waals surface area (Å²) in [6.07, 6.45) is 6.38. The van der Waals surface area contributed by atoms with E-state index in [0.717, 1.165) is 12.8 Å². The van der Waals surface area contributed by atoms with Crippen molar-refractivity contribution in [1.29, 1.82) is 0 Å². The molecule has 0 spiro atoms. The van der Waals surface area contributed by atoms with Crippen LogP contribution in [0.5, 0.6) is 5.75 Å². The molecule has 1 aromatic carbocycles. The van der Waals surface area contributed by atoms with Gasteiger partial charge in [-0.05, 0) is 49.6 Å². The van der Waals surface area contributed by atoms with E-state index in [4.69, 9.17) is 10.5 Å². The summed E-state index contributed by atoms with van der Waals surface area (Å²) < 4.78 is 20.7. The summed E-state index contributed by atoms with van der Waals surface area (Å²) in [5.41, 5.74) is 4.96. The van der Waals surface area contributed by atoms with Crippen LogP contribution in [-0.4, -0.2) is 46.2 Å². The third kappa shape index (κ3) is 6.04. The Balaban J connectivity index is 1.59. The van der Waals surface area contributed by atoms with Gasteiger partial charge in [-0.1, -0.05) is 0 Å². The number of nitrogens with zero attached hydrogens (tertiary/aromatic N) is 3. The summed E-state index contributed by atoms with van der Waals surface area (Å²) in [4.78, 5) is 26.2. The second kappa shape index (κ2) is 9.54. The highest BCUT2D eigenvalue weighted by Crippen LogP contribution is 2.34. The number of aryl methyl sites for hydroxylation is 1. The SMILES string of the molecule is NC(=O)CC1(COc2ccc(F)cc2)CCCN(C(=O)CCCn2cccn2)C1. The van der Waals surface area contributed by atoms with Crippen molar-refractivity contribution in [2.75, 3.05) is 19.7 Å². The van der Waals surface area contributed by atoms with E-state index in [1.54, 1.807) is 23.0 Å². The summed E-state index contributed by atoms with van der Waals surface area (Å²) in [7, 11) is 0. The van der Waals surface area contributed by atoms with Crippen molar-refractivity contribution >= 4 is 11.8 Å². The van der Waals surface area contributed by atoms with Crippen molar-refractivity contribution in [3.05, 3.63) is 48.5 Å². The summed E-state index contributed by atoms with van der Waals surface area (Å²) in [5, 5.41) is 4.14. The molecular formula is C21H27FN4O3. The Labute approximate surface area is 169 Å². The number of amides is 2. The molecule has 3 rings (SSSR count). The number of benzene rings is 1. The zero-order chi connectivity index (χ0) is 20.7. The van der Waals surface area contributed by atoms with E-state index < -0.39 is 11.3 Å². The zero-order valence-corrected chi connectivity index (χ0v) is 16.4. The van der Waals surface area contributed by atoms with Gasteiger partial charge in [-0.3, -0.25) is 14.3 Å². The Hall–Kier alpha value is -2.90. The van der Waals surface area contributed by atoms with Crippen LogP contribution in [0.4, 0.5) is 4.39 Å². The van der Waals surface area contributed by atoms with Crippen molar-refractivity contribution in [2.24, 2.45) is 11.1 Å². The van der Waals surface area contributed by atoms with Crippen LogP contribution in [0, 0.1) is 11.2 Å². The number of ether oxygens (including phenoxy) is 1. The summed E-state index contributed by atoms with van der Waals surface area (Å²) in [6.45, 7) is 2.03. The molecule has 1 saturated heterocycles. The van der Waals surface area contributed by atoms with Crippen molar-refractivity contribution < 1.29 is 18.7 Å². The molecule has 1 aliphatic rings. The lowest BCUT2D eigenvalue weighted by Crippen LogP contribution is -2.50. The predicted molar refractivity (Wildman–Crippen MR) is 105 cm³/mol. The van der Waals surface area contributed by atoms with Crippen LogP contribution in [0.15, 0.2) is 42.7 Å². The average molecular weight is 402 g/mol. The Morgan fingerprint density at radius 1 is 1.28 bits per heavy atom. The lowest BCUT2D eigenvalue weighted by Gasteiger charge is -2.42. The van der Waals surface area contributed by atoms with E-state index in [0.29, 0.717) is 38.2 Å². The number of hydrogen-bond donors (Lipinski definition) is 1. The number of hydrogen-bond acceptors (Lipinski definition) is 4. The first-order valence-electron chi connectivity index (χ1n) is 9.88. The van der Waals surface area contributed by atoms with Gasteiger partial charge in [-0.2, -0.15) is 5.10 Å². The van der Waals surface area contributed by atoms with Gasteiger partial charge in [0.2, 0.25) is 11.8 Å². The first-order chi connectivity index (χ1) is 14.0. The van der Waals surface area contributed by atoms with Gasteiger partial charge in [0.25, 0.3) is 0 Å². The number of rotatable bonds is 9. The van der Waals surface area contributed by atoms with Gasteiger partial charge in [-0.15, -0.1) is 0 Å². The minimum Gasteiger partial charge on any atom is -0.493 e. The van der Waals surface area contributed by atoms with E-state index in [9.17, 15) is 14.0 Å². The number of primary amides is 1. The van der Waals surface area contributed by atoms with Gasteiger partial charge >= 0.3 is 0 Å². The molecule has 1 unspecified atom stereocenters. The van der Waals surface area contributed by atoms with Gasteiger partial charge in [0.1, 0.15) is 11.6 Å². The lowest BCUT2D eigenvalue weighted by atomic mass is 9.77. The van der Waals surface area contributed by atoms with Crippen LogP contribution in [0.3, 0.4) is 0 Å². The molecule has 8 heteroatoms. The summed E-state index contributed by atoms with van der Waals surface area (Å²) in [5.74, 6) is -0.167. The minimum absolute atomic E-state index is 0.0625. The average Bonchev–Trinajstić information content (AvgIpc) is 3.21. The van der Waals surface area contributed by atoms with Crippen LogP contribution < -0.4 is 10.5 Å². The molecule has 2 N–H and O–H groups in total. The Morgan fingerprint density at radius 2 is 2.07 bits per heavy atom. The van der Waals surface area contributed by atoms with Crippen LogP contribution in [-0.2, 0) is 16.1 Å². The molecule has 156 valence electrons. The number of nitrogens with two attached hydrogens (primary N) is 1. The predicted octanol–water partition coefficient (Wildman–Crippen LogP) is 2.37. The van der Waals surface area contributed by atoms with E-state index in [-0.39, 0.29) is 24.8 Å². The van der Waals surface area contributed by atoms with Crippen LogP contribution in [0.25, 0.3) is 0 Å². The first-order valence-corrected chi connectivity index (χ1v) is 9.88. The molecule has 0 saturated carbocycles. The molecule has 2 heterocycles. The van der Waals surface area contributed by atoms with Gasteiger partial charge in [0.15, 0.2) is 0 Å². The number of carbonyl (C=O) groups is 2. The Bertz CT molecular complexity index is 810. The summed E-state index contributed by atoms with van der Waals surface area (Å²) >= 11 is 0. The van der Waals surface area contributed by atoms with Gasteiger partial charge in [0, 0.05) is 50.3 Å². The molecular weight excluding hydrogens is 375 g/mol. The fraction of sp³-hybridized carbons (Fsp3) is 0.476. The molecule has 29 heavy (non-hydrogen) atoms. The lowest BCUT2D eigenvalue weighted by molar-refractivity contribution is -0.137. The van der Waals surface area contributed by atoms with Crippen molar-refractivity contribution in [2.45, 2.75) is 38.6 Å². The second-order valence-electron chi connectivity index (χ2n) is 7.68. The molecule has 2 amide bonds. The molecule has 1 aliphatic heterocycles. The van der Waals surface area contributed by atoms with E-state index >= 15 is 0 Å². The topological polar surface area (TPSA) is 90.5 Å². The maximum Gasteiger partial charge on any atom is 0.222 e. The summed E-state index contributed by atoms with van der Waals surface area (Å²) in [6, 6.07) is 7.60. The molecule has 1 fully saturated rings. The fourth-order valence-corrected chi connectivity index (χ4v) is 3.85. The highest BCUT2D eigenvalue weighted by molar-refractivity contribution is 5.77. The van der Waals surface area contributed by atoms with Gasteiger partial charge in [-0.25, -0.2) is 4.39 Å². The smallest absolute Gasteiger partial charge is 0.222 e. The molecule has 0 radical (unpaired) electrons. The number of carbonyl (C=O) groups excluding carboxylic acids is 2. The number of likely N-dealkylation sites (tertiary alicyclic amines) is 1. The quantitative estimate of drug-likeness (QED) is 0.697. The van der Waals surface area contributed by atoms with Crippen LogP contribution in [0.2, 0.25) is 0 Å². The van der Waals surface area contributed by atoms with Gasteiger partial charge < -0.3 is 15.4 Å². The van der Waals surface area contributed by atoms with Crippen molar-refractivity contribution in [3.8, 4) is 5.75 Å². The van der Waals surface area contributed by atoms with Crippen molar-refractivity contribution in [3.63, 3.8) is 0 Å². The highest BCUT2D eigenvalue weighted by Gasteiger charge is 2.39. The first kappa shape index (κ1) is 20.8. The third-order valence-electron chi connectivity index (χ3n) is 5.26. The second-order valence-corrected chi connectivity index (χ2v) is 7.68. The molecule has 1 aromatic heterocycles. The normalized spacial score (nSPS) is 19.1. The van der Waals surface area contributed by atoms with Crippen molar-refractivity contribution in [1.82, 2.24) is 14.7 Å². The van der Waals surface area contributed by atoms with Crippen LogP contribution >= 0.6 is 0 Å². The largest absolute Gasteiger partial charge is 0.493 e.